The smallest absolute Gasteiger partial charge is 0.376 e. The molecule has 0 radical (unpaired) electrons. The van der Waals surface area contributed by atoms with Crippen LogP contribution >= 0.6 is 0 Å². The Bertz CT molecular complexity index is 546. The van der Waals surface area contributed by atoms with Gasteiger partial charge in [-0.15, -0.1) is 0 Å². The molecule has 100 valence electrons. The number of hydrogen-bond donors (Lipinski definition) is 3. The standard InChI is InChI=1S/C14H20BN3O/c1-15(19)18-8-5-12(6-9-18)17-13-2-3-14-11(10-13)4-7-16-14/h2-4,7,10,12,16-17,19H,5-6,8-9H2,1H3. The van der Waals surface area contributed by atoms with Gasteiger partial charge >= 0.3 is 7.05 Å². The molecule has 2 aromatic rings. The first kappa shape index (κ1) is 12.6. The minimum atomic E-state index is -0.322. The molecule has 2 heterocycles. The second-order valence-electron chi connectivity index (χ2n) is 5.37. The summed E-state index contributed by atoms with van der Waals surface area (Å²) in [6.07, 6.45) is 4.13. The highest BCUT2D eigenvalue weighted by atomic mass is 16.2. The van der Waals surface area contributed by atoms with Crippen LogP contribution in [0.2, 0.25) is 6.82 Å². The van der Waals surface area contributed by atoms with E-state index in [2.05, 4.69) is 39.4 Å². The molecule has 1 aliphatic heterocycles. The van der Waals surface area contributed by atoms with Gasteiger partial charge in [0.1, 0.15) is 0 Å². The first-order valence-electron chi connectivity index (χ1n) is 6.98. The molecule has 0 amide bonds. The SMILES string of the molecule is CB(O)N1CCC(Nc2ccc3[nH]ccc3c2)CC1. The Hall–Kier alpha value is -1.46. The fraction of sp³-hybridized carbons (Fsp3) is 0.429. The van der Waals surface area contributed by atoms with Gasteiger partial charge in [-0.25, -0.2) is 0 Å². The lowest BCUT2D eigenvalue weighted by atomic mass is 9.82. The van der Waals surface area contributed by atoms with Crippen LogP contribution in [0.5, 0.6) is 0 Å². The fourth-order valence-corrected chi connectivity index (χ4v) is 2.80. The zero-order chi connectivity index (χ0) is 13.2. The molecule has 0 bridgehead atoms. The molecule has 1 aliphatic rings. The second-order valence-corrected chi connectivity index (χ2v) is 5.37. The number of anilines is 1. The molecule has 3 rings (SSSR count). The van der Waals surface area contributed by atoms with E-state index in [-0.39, 0.29) is 7.05 Å². The number of piperidine rings is 1. The Kier molecular flexibility index (Phi) is 3.49. The van der Waals surface area contributed by atoms with Crippen molar-refractivity contribution in [2.24, 2.45) is 0 Å². The predicted molar refractivity (Wildman–Crippen MR) is 80.4 cm³/mol. The molecule has 1 aromatic heterocycles. The summed E-state index contributed by atoms with van der Waals surface area (Å²) < 4.78 is 0. The van der Waals surface area contributed by atoms with Gasteiger partial charge in [0.05, 0.1) is 0 Å². The Labute approximate surface area is 113 Å². The van der Waals surface area contributed by atoms with E-state index in [1.807, 2.05) is 13.0 Å². The highest BCUT2D eigenvalue weighted by Gasteiger charge is 2.23. The summed E-state index contributed by atoms with van der Waals surface area (Å²) in [5, 5.41) is 14.4. The third kappa shape index (κ3) is 2.77. The third-order valence-electron chi connectivity index (χ3n) is 3.98. The summed E-state index contributed by atoms with van der Waals surface area (Å²) in [6.45, 7) is 3.76. The van der Waals surface area contributed by atoms with Gasteiger partial charge in [0.2, 0.25) is 0 Å². The predicted octanol–water partition coefficient (Wildman–Crippen LogP) is 2.15. The largest absolute Gasteiger partial charge is 0.437 e. The number of hydrogen-bond acceptors (Lipinski definition) is 3. The summed E-state index contributed by atoms with van der Waals surface area (Å²) in [5.41, 5.74) is 2.36. The van der Waals surface area contributed by atoms with Crippen molar-refractivity contribution in [3.05, 3.63) is 30.5 Å². The maximum absolute atomic E-state index is 9.55. The monoisotopic (exact) mass is 257 g/mol. The van der Waals surface area contributed by atoms with Crippen LogP contribution in [0.1, 0.15) is 12.8 Å². The van der Waals surface area contributed by atoms with Crippen molar-refractivity contribution in [2.45, 2.75) is 25.7 Å². The molecule has 0 spiro atoms. The lowest BCUT2D eigenvalue weighted by molar-refractivity contribution is 0.298. The summed E-state index contributed by atoms with van der Waals surface area (Å²) in [5.74, 6) is 0. The second kappa shape index (κ2) is 5.27. The van der Waals surface area contributed by atoms with Gasteiger partial charge in [-0.05, 0) is 57.0 Å². The summed E-state index contributed by atoms with van der Waals surface area (Å²) >= 11 is 0. The van der Waals surface area contributed by atoms with Gasteiger partial charge < -0.3 is 20.1 Å². The molecule has 4 nitrogen and oxygen atoms in total. The van der Waals surface area contributed by atoms with Gasteiger partial charge in [0.25, 0.3) is 0 Å². The van der Waals surface area contributed by atoms with Crippen molar-refractivity contribution in [3.8, 4) is 0 Å². The van der Waals surface area contributed by atoms with Crippen LogP contribution in [0, 0.1) is 0 Å². The zero-order valence-corrected chi connectivity index (χ0v) is 11.3. The van der Waals surface area contributed by atoms with Crippen molar-refractivity contribution in [2.75, 3.05) is 18.4 Å². The van der Waals surface area contributed by atoms with Crippen LogP contribution < -0.4 is 5.32 Å². The van der Waals surface area contributed by atoms with Crippen LogP contribution in [0.4, 0.5) is 5.69 Å². The lowest BCUT2D eigenvalue weighted by Gasteiger charge is -2.33. The normalized spacial score (nSPS) is 17.8. The number of benzene rings is 1. The van der Waals surface area contributed by atoms with Gasteiger partial charge in [0.15, 0.2) is 0 Å². The third-order valence-corrected chi connectivity index (χ3v) is 3.98. The van der Waals surface area contributed by atoms with E-state index in [4.69, 9.17) is 0 Å². The van der Waals surface area contributed by atoms with Crippen LogP contribution in [-0.4, -0.2) is 41.0 Å². The van der Waals surface area contributed by atoms with E-state index in [0.717, 1.165) is 25.9 Å². The molecule has 5 heteroatoms. The van der Waals surface area contributed by atoms with Crippen molar-refractivity contribution in [1.29, 1.82) is 0 Å². The molecule has 3 N–H and O–H groups in total. The molecule has 1 aromatic carbocycles. The van der Waals surface area contributed by atoms with Crippen molar-refractivity contribution >= 4 is 23.6 Å². The molecule has 0 atom stereocenters. The summed E-state index contributed by atoms with van der Waals surface area (Å²) in [4.78, 5) is 5.33. The van der Waals surface area contributed by atoms with Crippen molar-refractivity contribution in [3.63, 3.8) is 0 Å². The Morgan fingerprint density at radius 1 is 1.32 bits per heavy atom. The number of H-pyrrole nitrogens is 1. The Balaban J connectivity index is 1.62. The lowest BCUT2D eigenvalue weighted by Crippen LogP contribution is -2.45. The van der Waals surface area contributed by atoms with Crippen LogP contribution in [0.3, 0.4) is 0 Å². The van der Waals surface area contributed by atoms with Gasteiger partial charge in [-0.2, -0.15) is 0 Å². The number of aromatic nitrogens is 1. The van der Waals surface area contributed by atoms with E-state index < -0.39 is 0 Å². The topological polar surface area (TPSA) is 51.3 Å². The minimum absolute atomic E-state index is 0.322. The van der Waals surface area contributed by atoms with E-state index in [1.165, 1.54) is 16.6 Å². The number of rotatable bonds is 3. The van der Waals surface area contributed by atoms with E-state index >= 15 is 0 Å². The maximum Gasteiger partial charge on any atom is 0.376 e. The first-order valence-corrected chi connectivity index (χ1v) is 6.98. The number of nitrogens with zero attached hydrogens (tertiary/aromatic N) is 1. The minimum Gasteiger partial charge on any atom is -0.437 e. The molecule has 1 saturated heterocycles. The van der Waals surface area contributed by atoms with E-state index in [1.54, 1.807) is 0 Å². The molecular weight excluding hydrogens is 237 g/mol. The van der Waals surface area contributed by atoms with E-state index in [9.17, 15) is 5.02 Å². The fourth-order valence-electron chi connectivity index (χ4n) is 2.80. The first-order chi connectivity index (χ1) is 9.22. The summed E-state index contributed by atoms with van der Waals surface area (Å²) in [7, 11) is -0.322. The maximum atomic E-state index is 9.55. The molecule has 0 saturated carbocycles. The molecule has 0 unspecified atom stereocenters. The van der Waals surface area contributed by atoms with Gasteiger partial charge in [-0.1, -0.05) is 0 Å². The van der Waals surface area contributed by atoms with E-state index in [0.29, 0.717) is 6.04 Å². The van der Waals surface area contributed by atoms with Gasteiger partial charge in [-0.3, -0.25) is 0 Å². The average molecular weight is 257 g/mol. The highest BCUT2D eigenvalue weighted by Crippen LogP contribution is 2.21. The molecular formula is C14H20BN3O. The molecule has 19 heavy (non-hydrogen) atoms. The molecule has 0 aliphatic carbocycles. The van der Waals surface area contributed by atoms with Crippen LogP contribution in [-0.2, 0) is 0 Å². The number of aromatic amines is 1. The number of fused-ring (bicyclic) bond motifs is 1. The van der Waals surface area contributed by atoms with Gasteiger partial charge in [0, 0.05) is 28.8 Å². The quantitative estimate of drug-likeness (QED) is 0.738. The molecule has 1 fully saturated rings. The zero-order valence-electron chi connectivity index (χ0n) is 11.3. The Morgan fingerprint density at radius 3 is 2.84 bits per heavy atom. The Morgan fingerprint density at radius 2 is 2.11 bits per heavy atom. The van der Waals surface area contributed by atoms with Crippen molar-refractivity contribution in [1.82, 2.24) is 9.79 Å². The number of nitrogens with one attached hydrogen (secondary N) is 2. The highest BCUT2D eigenvalue weighted by molar-refractivity contribution is 6.45. The average Bonchev–Trinajstić information content (AvgIpc) is 2.87. The summed E-state index contributed by atoms with van der Waals surface area (Å²) in [6, 6.07) is 9.03. The van der Waals surface area contributed by atoms with Crippen molar-refractivity contribution < 1.29 is 5.02 Å². The van der Waals surface area contributed by atoms with Crippen LogP contribution in [0.25, 0.3) is 10.9 Å². The van der Waals surface area contributed by atoms with Crippen LogP contribution in [0.15, 0.2) is 30.5 Å².